The van der Waals surface area contributed by atoms with Gasteiger partial charge in [0.25, 0.3) is 0 Å². The monoisotopic (exact) mass is 293 g/mol. The molecule has 0 saturated carbocycles. The smallest absolute Gasteiger partial charge is 0.161 e. The van der Waals surface area contributed by atoms with Gasteiger partial charge in [-0.2, -0.15) is 0 Å². The molecular formula is C18H31NO2. The van der Waals surface area contributed by atoms with Gasteiger partial charge in [0.15, 0.2) is 11.5 Å². The zero-order valence-corrected chi connectivity index (χ0v) is 14.3. The van der Waals surface area contributed by atoms with E-state index in [9.17, 15) is 0 Å². The molecule has 120 valence electrons. The number of rotatable bonds is 10. The summed E-state index contributed by atoms with van der Waals surface area (Å²) >= 11 is 0. The maximum absolute atomic E-state index is 5.49. The standard InChI is InChI=1S/C18H31NO2/c1-6-11-18(12-7-2,14-19-8-3)15-9-10-16(20-4)17(13-15)21-5/h9-10,13,19H,6-8,11-12,14H2,1-5H3. The summed E-state index contributed by atoms with van der Waals surface area (Å²) in [6.07, 6.45) is 4.73. The van der Waals surface area contributed by atoms with Crippen LogP contribution >= 0.6 is 0 Å². The van der Waals surface area contributed by atoms with Gasteiger partial charge in [0.1, 0.15) is 0 Å². The summed E-state index contributed by atoms with van der Waals surface area (Å²) in [4.78, 5) is 0. The Morgan fingerprint density at radius 1 is 0.952 bits per heavy atom. The topological polar surface area (TPSA) is 30.5 Å². The molecule has 0 fully saturated rings. The molecule has 1 aromatic rings. The highest BCUT2D eigenvalue weighted by Gasteiger charge is 2.30. The van der Waals surface area contributed by atoms with Crippen LogP contribution in [0.1, 0.15) is 52.0 Å². The third-order valence-corrected chi connectivity index (χ3v) is 4.17. The van der Waals surface area contributed by atoms with Crippen LogP contribution in [-0.2, 0) is 5.41 Å². The Morgan fingerprint density at radius 2 is 1.57 bits per heavy atom. The summed E-state index contributed by atoms with van der Waals surface area (Å²) in [5.41, 5.74) is 1.53. The molecule has 1 aromatic carbocycles. The van der Waals surface area contributed by atoms with Crippen molar-refractivity contribution >= 4 is 0 Å². The quantitative estimate of drug-likeness (QED) is 0.703. The highest BCUT2D eigenvalue weighted by atomic mass is 16.5. The van der Waals surface area contributed by atoms with Gasteiger partial charge in [0, 0.05) is 12.0 Å². The molecule has 1 N–H and O–H groups in total. The summed E-state index contributed by atoms with van der Waals surface area (Å²) in [5, 5.41) is 3.55. The van der Waals surface area contributed by atoms with E-state index in [0.717, 1.165) is 24.6 Å². The molecule has 3 nitrogen and oxygen atoms in total. The fourth-order valence-corrected chi connectivity index (χ4v) is 3.18. The second kappa shape index (κ2) is 8.93. The first-order valence-corrected chi connectivity index (χ1v) is 8.10. The van der Waals surface area contributed by atoms with E-state index in [1.54, 1.807) is 14.2 Å². The van der Waals surface area contributed by atoms with Crippen molar-refractivity contribution in [3.63, 3.8) is 0 Å². The van der Waals surface area contributed by atoms with E-state index in [-0.39, 0.29) is 5.41 Å². The SMILES string of the molecule is CCCC(CCC)(CNCC)c1ccc(OC)c(OC)c1. The van der Waals surface area contributed by atoms with Gasteiger partial charge in [0.2, 0.25) is 0 Å². The van der Waals surface area contributed by atoms with Crippen LogP contribution in [0.25, 0.3) is 0 Å². The lowest BCUT2D eigenvalue weighted by Gasteiger charge is -2.35. The molecule has 0 radical (unpaired) electrons. The lowest BCUT2D eigenvalue weighted by Crippen LogP contribution is -2.38. The molecule has 0 heterocycles. The fourth-order valence-electron chi connectivity index (χ4n) is 3.18. The van der Waals surface area contributed by atoms with Crippen LogP contribution in [0.15, 0.2) is 18.2 Å². The van der Waals surface area contributed by atoms with Crippen molar-refractivity contribution < 1.29 is 9.47 Å². The van der Waals surface area contributed by atoms with E-state index in [1.807, 2.05) is 6.07 Å². The molecule has 0 aliphatic rings. The van der Waals surface area contributed by atoms with Crippen molar-refractivity contribution in [1.82, 2.24) is 5.32 Å². The van der Waals surface area contributed by atoms with Gasteiger partial charge in [-0.15, -0.1) is 0 Å². The van der Waals surface area contributed by atoms with Crippen LogP contribution in [0, 0.1) is 0 Å². The van der Waals surface area contributed by atoms with Crippen molar-refractivity contribution in [2.24, 2.45) is 0 Å². The van der Waals surface area contributed by atoms with Crippen molar-refractivity contribution in [3.05, 3.63) is 23.8 Å². The van der Waals surface area contributed by atoms with Gasteiger partial charge < -0.3 is 14.8 Å². The summed E-state index contributed by atoms with van der Waals surface area (Å²) < 4.78 is 10.9. The summed E-state index contributed by atoms with van der Waals surface area (Å²) in [7, 11) is 3.38. The van der Waals surface area contributed by atoms with Crippen molar-refractivity contribution in [2.75, 3.05) is 27.3 Å². The molecule has 1 rings (SSSR count). The minimum atomic E-state index is 0.180. The van der Waals surface area contributed by atoms with E-state index in [4.69, 9.17) is 9.47 Å². The summed E-state index contributed by atoms with van der Waals surface area (Å²) in [5.74, 6) is 1.62. The maximum Gasteiger partial charge on any atom is 0.161 e. The third-order valence-electron chi connectivity index (χ3n) is 4.17. The highest BCUT2D eigenvalue weighted by Crippen LogP contribution is 2.38. The first-order chi connectivity index (χ1) is 10.2. The number of hydrogen-bond acceptors (Lipinski definition) is 3. The maximum atomic E-state index is 5.49. The largest absolute Gasteiger partial charge is 0.493 e. The third kappa shape index (κ3) is 4.37. The second-order valence-corrected chi connectivity index (χ2v) is 5.63. The molecule has 0 spiro atoms. The molecule has 0 saturated heterocycles. The summed E-state index contributed by atoms with van der Waals surface area (Å²) in [6, 6.07) is 6.38. The molecule has 0 bridgehead atoms. The number of benzene rings is 1. The minimum absolute atomic E-state index is 0.180. The summed E-state index contributed by atoms with van der Waals surface area (Å²) in [6.45, 7) is 8.70. The molecule has 0 aliphatic carbocycles. The average molecular weight is 293 g/mol. The molecule has 0 atom stereocenters. The normalized spacial score (nSPS) is 11.5. The predicted molar refractivity (Wildman–Crippen MR) is 89.6 cm³/mol. The van der Waals surface area contributed by atoms with Crippen molar-refractivity contribution in [3.8, 4) is 11.5 Å². The van der Waals surface area contributed by atoms with Crippen molar-refractivity contribution in [1.29, 1.82) is 0 Å². The molecule has 3 heteroatoms. The van der Waals surface area contributed by atoms with Crippen LogP contribution in [0.4, 0.5) is 0 Å². The van der Waals surface area contributed by atoms with Crippen molar-refractivity contribution in [2.45, 2.75) is 51.9 Å². The second-order valence-electron chi connectivity index (χ2n) is 5.63. The van der Waals surface area contributed by atoms with Crippen LogP contribution in [0.2, 0.25) is 0 Å². The Morgan fingerprint density at radius 3 is 2.05 bits per heavy atom. The molecule has 0 aliphatic heterocycles. The number of ether oxygens (including phenoxy) is 2. The molecule has 0 amide bonds. The van der Waals surface area contributed by atoms with E-state index in [0.29, 0.717) is 0 Å². The lowest BCUT2D eigenvalue weighted by molar-refractivity contribution is 0.329. The Labute approximate surface area is 130 Å². The zero-order chi connectivity index (χ0) is 15.7. The van der Waals surface area contributed by atoms with E-state index in [1.165, 1.54) is 31.2 Å². The van der Waals surface area contributed by atoms with Gasteiger partial charge in [0.05, 0.1) is 14.2 Å². The number of methoxy groups -OCH3 is 2. The first-order valence-electron chi connectivity index (χ1n) is 8.10. The van der Waals surface area contributed by atoms with Crippen LogP contribution < -0.4 is 14.8 Å². The van der Waals surface area contributed by atoms with Gasteiger partial charge in [-0.25, -0.2) is 0 Å². The minimum Gasteiger partial charge on any atom is -0.493 e. The molecular weight excluding hydrogens is 262 g/mol. The Balaban J connectivity index is 3.22. The zero-order valence-electron chi connectivity index (χ0n) is 14.3. The van der Waals surface area contributed by atoms with Crippen LogP contribution in [0.3, 0.4) is 0 Å². The Bertz CT molecular complexity index is 412. The average Bonchev–Trinajstić information content (AvgIpc) is 2.52. The van der Waals surface area contributed by atoms with Crippen LogP contribution in [-0.4, -0.2) is 27.3 Å². The van der Waals surface area contributed by atoms with E-state index >= 15 is 0 Å². The lowest BCUT2D eigenvalue weighted by atomic mass is 9.73. The van der Waals surface area contributed by atoms with E-state index in [2.05, 4.69) is 38.2 Å². The van der Waals surface area contributed by atoms with Gasteiger partial charge in [-0.05, 0) is 37.1 Å². The predicted octanol–water partition coefficient (Wildman–Crippen LogP) is 4.15. The molecule has 21 heavy (non-hydrogen) atoms. The van der Waals surface area contributed by atoms with Crippen LogP contribution in [0.5, 0.6) is 11.5 Å². The van der Waals surface area contributed by atoms with Gasteiger partial charge in [-0.1, -0.05) is 39.7 Å². The van der Waals surface area contributed by atoms with Gasteiger partial charge in [-0.3, -0.25) is 0 Å². The number of hydrogen-bond donors (Lipinski definition) is 1. The molecule has 0 aromatic heterocycles. The number of likely N-dealkylation sites (N-methyl/N-ethyl adjacent to an activating group) is 1. The van der Waals surface area contributed by atoms with Gasteiger partial charge >= 0.3 is 0 Å². The highest BCUT2D eigenvalue weighted by molar-refractivity contribution is 5.45. The Hall–Kier alpha value is -1.22. The molecule has 0 unspecified atom stereocenters. The first kappa shape index (κ1) is 17.8. The Kier molecular flexibility index (Phi) is 7.58. The number of nitrogens with one attached hydrogen (secondary N) is 1. The van der Waals surface area contributed by atoms with E-state index < -0.39 is 0 Å². The fraction of sp³-hybridized carbons (Fsp3) is 0.667.